The Labute approximate surface area is 149 Å². The van der Waals surface area contributed by atoms with E-state index in [1.54, 1.807) is 29.0 Å². The van der Waals surface area contributed by atoms with Crippen molar-refractivity contribution in [1.29, 1.82) is 0 Å². The van der Waals surface area contributed by atoms with Crippen LogP contribution in [-0.2, 0) is 6.42 Å². The number of aryl methyl sites for hydroxylation is 2. The summed E-state index contributed by atoms with van der Waals surface area (Å²) < 4.78 is 0. The Bertz CT molecular complexity index is 832. The number of nitrogens with zero attached hydrogens (tertiary/aromatic N) is 4. The van der Waals surface area contributed by atoms with E-state index in [0.29, 0.717) is 6.04 Å². The Morgan fingerprint density at radius 3 is 2.83 bits per heavy atom. The number of thiophene rings is 1. The summed E-state index contributed by atoms with van der Waals surface area (Å²) in [6.45, 7) is 6.27. The van der Waals surface area contributed by atoms with Gasteiger partial charge in [-0.05, 0) is 32.3 Å². The first-order valence-corrected chi connectivity index (χ1v) is 10.1. The van der Waals surface area contributed by atoms with Gasteiger partial charge in [0.05, 0.1) is 11.1 Å². The molecule has 0 unspecified atom stereocenters. The molecule has 0 atom stereocenters. The number of hydrogen-bond acceptors (Lipinski definition) is 7. The molecule has 4 rings (SSSR count). The van der Waals surface area contributed by atoms with Crippen molar-refractivity contribution in [3.8, 4) is 0 Å². The molecule has 3 aromatic rings. The maximum Gasteiger partial charge on any atom is 0.183 e. The Morgan fingerprint density at radius 2 is 2.12 bits per heavy atom. The smallest absolute Gasteiger partial charge is 0.183 e. The average Bonchev–Trinajstić information content (AvgIpc) is 3.21. The Kier molecular flexibility index (Phi) is 4.37. The second-order valence-corrected chi connectivity index (χ2v) is 8.16. The van der Waals surface area contributed by atoms with Crippen LogP contribution in [0.15, 0.2) is 17.8 Å². The first-order valence-electron chi connectivity index (χ1n) is 8.40. The zero-order chi connectivity index (χ0) is 16.5. The van der Waals surface area contributed by atoms with Gasteiger partial charge in [0, 0.05) is 29.4 Å². The zero-order valence-corrected chi connectivity index (χ0v) is 15.6. The van der Waals surface area contributed by atoms with Crippen LogP contribution in [0.1, 0.15) is 30.3 Å². The van der Waals surface area contributed by atoms with E-state index in [4.69, 9.17) is 0 Å². The summed E-state index contributed by atoms with van der Waals surface area (Å²) in [7, 11) is 0. The normalized spacial score (nSPS) is 16.0. The van der Waals surface area contributed by atoms with Crippen LogP contribution < -0.4 is 10.2 Å². The third-order valence-electron chi connectivity index (χ3n) is 4.45. The fourth-order valence-corrected chi connectivity index (χ4v) is 4.85. The molecule has 7 heteroatoms. The summed E-state index contributed by atoms with van der Waals surface area (Å²) in [5.74, 6) is 1.10. The van der Waals surface area contributed by atoms with Crippen LogP contribution in [0.25, 0.3) is 10.2 Å². The van der Waals surface area contributed by atoms with Crippen LogP contribution in [0.5, 0.6) is 0 Å². The summed E-state index contributed by atoms with van der Waals surface area (Å²) in [6, 6.07) is 2.76. The molecule has 3 aromatic heterocycles. The molecule has 1 aliphatic rings. The molecule has 126 valence electrons. The van der Waals surface area contributed by atoms with Crippen molar-refractivity contribution in [3.05, 3.63) is 28.3 Å². The Morgan fingerprint density at radius 1 is 1.29 bits per heavy atom. The maximum atomic E-state index is 4.58. The minimum absolute atomic E-state index is 0.498. The standard InChI is InChI=1S/C17H21N5S2/c1-3-13-8-14-15(18-10-19-16(14)24-13)22-6-4-12(5-7-22)21-17-20-11(2)9-23-17/h8-10,12H,3-7H2,1-2H3,(H,20,21). The maximum absolute atomic E-state index is 4.58. The number of hydrogen-bond donors (Lipinski definition) is 1. The number of nitrogens with one attached hydrogen (secondary N) is 1. The van der Waals surface area contributed by atoms with Crippen LogP contribution in [-0.4, -0.2) is 34.1 Å². The molecule has 0 aromatic carbocycles. The summed E-state index contributed by atoms with van der Waals surface area (Å²) in [5.41, 5.74) is 1.09. The van der Waals surface area contributed by atoms with Gasteiger partial charge in [0.25, 0.3) is 0 Å². The molecule has 0 amide bonds. The number of aromatic nitrogens is 3. The van der Waals surface area contributed by atoms with Crippen LogP contribution in [0.3, 0.4) is 0 Å². The molecular formula is C17H21N5S2. The number of rotatable bonds is 4. The molecule has 0 aliphatic carbocycles. The van der Waals surface area contributed by atoms with Gasteiger partial charge >= 0.3 is 0 Å². The lowest BCUT2D eigenvalue weighted by atomic mass is 10.1. The van der Waals surface area contributed by atoms with Crippen molar-refractivity contribution >= 4 is 43.8 Å². The zero-order valence-electron chi connectivity index (χ0n) is 14.0. The van der Waals surface area contributed by atoms with Crippen LogP contribution in [0.4, 0.5) is 10.9 Å². The minimum atomic E-state index is 0.498. The molecule has 0 saturated carbocycles. The lowest BCUT2D eigenvalue weighted by molar-refractivity contribution is 0.524. The number of fused-ring (bicyclic) bond motifs is 1. The van der Waals surface area contributed by atoms with E-state index in [9.17, 15) is 0 Å². The van der Waals surface area contributed by atoms with E-state index in [1.165, 1.54) is 10.3 Å². The molecule has 4 heterocycles. The van der Waals surface area contributed by atoms with E-state index >= 15 is 0 Å². The molecule has 24 heavy (non-hydrogen) atoms. The van der Waals surface area contributed by atoms with Crippen LogP contribution in [0, 0.1) is 6.92 Å². The van der Waals surface area contributed by atoms with Crippen molar-refractivity contribution in [2.75, 3.05) is 23.3 Å². The first-order chi connectivity index (χ1) is 11.7. The highest BCUT2D eigenvalue weighted by Crippen LogP contribution is 2.32. The van der Waals surface area contributed by atoms with Gasteiger partial charge in [-0.1, -0.05) is 6.92 Å². The fraction of sp³-hybridized carbons (Fsp3) is 0.471. The van der Waals surface area contributed by atoms with Gasteiger partial charge in [-0.3, -0.25) is 0 Å². The predicted octanol–water partition coefficient (Wildman–Crippen LogP) is 4.10. The molecule has 5 nitrogen and oxygen atoms in total. The molecule has 1 fully saturated rings. The molecule has 1 aliphatic heterocycles. The highest BCUT2D eigenvalue weighted by atomic mass is 32.1. The third-order valence-corrected chi connectivity index (χ3v) is 6.53. The molecular weight excluding hydrogens is 338 g/mol. The quantitative estimate of drug-likeness (QED) is 0.760. The second-order valence-electron chi connectivity index (χ2n) is 6.18. The van der Waals surface area contributed by atoms with Crippen molar-refractivity contribution in [1.82, 2.24) is 15.0 Å². The molecule has 0 bridgehead atoms. The molecule has 0 spiro atoms. The highest BCUT2D eigenvalue weighted by Gasteiger charge is 2.22. The lowest BCUT2D eigenvalue weighted by Gasteiger charge is -2.33. The lowest BCUT2D eigenvalue weighted by Crippen LogP contribution is -2.39. The van der Waals surface area contributed by atoms with Gasteiger partial charge in [0.15, 0.2) is 5.13 Å². The first kappa shape index (κ1) is 15.8. The van der Waals surface area contributed by atoms with E-state index in [1.807, 2.05) is 6.92 Å². The monoisotopic (exact) mass is 359 g/mol. The number of thiazole rings is 1. The van der Waals surface area contributed by atoms with Gasteiger partial charge in [-0.15, -0.1) is 22.7 Å². The Hall–Kier alpha value is -1.73. The van der Waals surface area contributed by atoms with Gasteiger partial charge in [-0.2, -0.15) is 0 Å². The van der Waals surface area contributed by atoms with Crippen molar-refractivity contribution in [2.24, 2.45) is 0 Å². The molecule has 0 radical (unpaired) electrons. The van der Waals surface area contributed by atoms with Gasteiger partial charge in [0.2, 0.25) is 0 Å². The third kappa shape index (κ3) is 3.10. The topological polar surface area (TPSA) is 53.9 Å². The van der Waals surface area contributed by atoms with Crippen LogP contribution in [0.2, 0.25) is 0 Å². The molecule has 1 N–H and O–H groups in total. The summed E-state index contributed by atoms with van der Waals surface area (Å²) in [5, 5.41) is 7.92. The van der Waals surface area contributed by atoms with E-state index < -0.39 is 0 Å². The second kappa shape index (κ2) is 6.64. The van der Waals surface area contributed by atoms with Gasteiger partial charge < -0.3 is 10.2 Å². The van der Waals surface area contributed by atoms with Crippen molar-refractivity contribution in [3.63, 3.8) is 0 Å². The van der Waals surface area contributed by atoms with Gasteiger partial charge in [-0.25, -0.2) is 15.0 Å². The summed E-state index contributed by atoms with van der Waals surface area (Å²) >= 11 is 3.48. The SMILES string of the molecule is CCc1cc2c(N3CCC(Nc4nc(C)cs4)CC3)ncnc2s1. The van der Waals surface area contributed by atoms with Crippen molar-refractivity contribution < 1.29 is 0 Å². The average molecular weight is 360 g/mol. The fourth-order valence-electron chi connectivity index (χ4n) is 3.15. The minimum Gasteiger partial charge on any atom is -0.359 e. The Balaban J connectivity index is 1.46. The summed E-state index contributed by atoms with van der Waals surface area (Å²) in [6.07, 6.45) is 4.97. The van der Waals surface area contributed by atoms with Gasteiger partial charge in [0.1, 0.15) is 17.0 Å². The number of piperidine rings is 1. The van der Waals surface area contributed by atoms with E-state index in [2.05, 4.69) is 43.5 Å². The number of anilines is 2. The summed E-state index contributed by atoms with van der Waals surface area (Å²) in [4.78, 5) is 18.4. The van der Waals surface area contributed by atoms with Crippen LogP contribution >= 0.6 is 22.7 Å². The molecule has 1 saturated heterocycles. The van der Waals surface area contributed by atoms with Crippen molar-refractivity contribution in [2.45, 2.75) is 39.2 Å². The van der Waals surface area contributed by atoms with E-state index in [-0.39, 0.29) is 0 Å². The predicted molar refractivity (Wildman–Crippen MR) is 103 cm³/mol. The largest absolute Gasteiger partial charge is 0.359 e. The highest BCUT2D eigenvalue weighted by molar-refractivity contribution is 7.18. The van der Waals surface area contributed by atoms with E-state index in [0.717, 1.165) is 53.8 Å².